The zero-order valence-corrected chi connectivity index (χ0v) is 23.9. The lowest BCUT2D eigenvalue weighted by Gasteiger charge is -2.35. The van der Waals surface area contributed by atoms with Crippen LogP contribution in [0.5, 0.6) is 0 Å². The molecule has 2 aromatic rings. The van der Waals surface area contributed by atoms with E-state index in [4.69, 9.17) is 0 Å². The topological polar surface area (TPSA) is 145 Å². The third-order valence-corrected chi connectivity index (χ3v) is 10.5. The number of aliphatic hydroxyl groups excluding tert-OH is 1. The monoisotopic (exact) mass is 614 g/mol. The van der Waals surface area contributed by atoms with E-state index in [9.17, 15) is 35.5 Å². The largest absolute Gasteiger partial charge is 0.511 e. The third-order valence-electron chi connectivity index (χ3n) is 7.35. The van der Waals surface area contributed by atoms with Gasteiger partial charge in [0.2, 0.25) is 10.0 Å². The van der Waals surface area contributed by atoms with Gasteiger partial charge in [-0.15, -0.1) is 15.7 Å². The first-order valence-corrected chi connectivity index (χ1v) is 16.8. The molecule has 1 amide bonds. The Labute approximate surface area is 234 Å². The molecule has 2 bridgehead atoms. The van der Waals surface area contributed by atoms with E-state index in [0.29, 0.717) is 5.56 Å². The molecule has 3 aliphatic heterocycles. The molecule has 1 aliphatic carbocycles. The normalized spacial score (nSPS) is 24.8. The van der Waals surface area contributed by atoms with Crippen LogP contribution in [0.15, 0.2) is 44.2 Å². The summed E-state index contributed by atoms with van der Waals surface area (Å²) in [4.78, 5) is 15.2. The van der Waals surface area contributed by atoms with E-state index in [1.54, 1.807) is 0 Å². The summed E-state index contributed by atoms with van der Waals surface area (Å²) in [6, 6.07) is 3.35. The van der Waals surface area contributed by atoms with E-state index < -0.39 is 37.6 Å². The van der Waals surface area contributed by atoms with Crippen molar-refractivity contribution < 1.29 is 35.5 Å². The number of carbonyl (C=O) groups excluding carboxylic acids is 1. The van der Waals surface area contributed by atoms with E-state index in [-0.39, 0.29) is 70.5 Å². The Morgan fingerprint density at radius 3 is 2.55 bits per heavy atom. The molecule has 6 rings (SSSR count). The van der Waals surface area contributed by atoms with Crippen LogP contribution < -0.4 is 10.0 Å². The van der Waals surface area contributed by atoms with Crippen LogP contribution in [0.25, 0.3) is 0 Å². The molecule has 4 aliphatic rings. The summed E-state index contributed by atoms with van der Waals surface area (Å²) in [5, 5.41) is 15.7. The van der Waals surface area contributed by atoms with Crippen LogP contribution in [0.4, 0.5) is 13.8 Å². The number of nitrogens with one attached hydrogen (secondary N) is 2. The maximum Gasteiger partial charge on any atom is 0.287 e. The number of aliphatic hydroxyl groups is 1. The minimum absolute atomic E-state index is 0.0850. The average molecular weight is 615 g/mol. The molecule has 216 valence electrons. The van der Waals surface area contributed by atoms with Crippen LogP contribution in [0.1, 0.15) is 43.2 Å². The maximum absolute atomic E-state index is 14.0. The van der Waals surface area contributed by atoms with Gasteiger partial charge in [-0.05, 0) is 60.6 Å². The molecule has 0 unspecified atom stereocenters. The second-order valence-corrected chi connectivity index (χ2v) is 14.7. The van der Waals surface area contributed by atoms with Gasteiger partial charge in [-0.3, -0.25) is 4.79 Å². The molecule has 10 nitrogen and oxygen atoms in total. The molecule has 40 heavy (non-hydrogen) atoms. The Hall–Kier alpha value is -2.88. The third kappa shape index (κ3) is 6.06. The number of hydrogen-bond acceptors (Lipinski definition) is 8. The molecular weight excluding hydrogens is 586 g/mol. The van der Waals surface area contributed by atoms with Crippen molar-refractivity contribution in [2.45, 2.75) is 50.1 Å². The van der Waals surface area contributed by atoms with E-state index in [2.05, 4.69) is 14.4 Å². The van der Waals surface area contributed by atoms with Crippen molar-refractivity contribution in [3.63, 3.8) is 0 Å². The molecule has 1 aromatic carbocycles. The van der Waals surface area contributed by atoms with Gasteiger partial charge in [-0.1, -0.05) is 6.07 Å². The van der Waals surface area contributed by atoms with Crippen molar-refractivity contribution in [1.29, 1.82) is 0 Å². The van der Waals surface area contributed by atoms with E-state index in [0.717, 1.165) is 55.4 Å². The van der Waals surface area contributed by atoms with E-state index in [1.165, 1.54) is 16.3 Å². The van der Waals surface area contributed by atoms with Crippen LogP contribution in [-0.4, -0.2) is 51.4 Å². The Balaban J connectivity index is 1.54. The van der Waals surface area contributed by atoms with E-state index >= 15 is 0 Å². The van der Waals surface area contributed by atoms with Crippen LogP contribution >= 0.6 is 11.3 Å². The van der Waals surface area contributed by atoms with Gasteiger partial charge < -0.3 is 15.3 Å². The summed E-state index contributed by atoms with van der Waals surface area (Å²) in [5.74, 6) is -3.13. The zero-order chi connectivity index (χ0) is 28.8. The second-order valence-electron chi connectivity index (χ2n) is 10.4. The Bertz CT molecular complexity index is 1630. The first kappa shape index (κ1) is 28.6. The minimum atomic E-state index is -4.38. The van der Waals surface area contributed by atoms with Gasteiger partial charge in [-0.25, -0.2) is 21.9 Å². The predicted octanol–water partition coefficient (Wildman–Crippen LogP) is 3.64. The molecule has 1 aromatic heterocycles. The summed E-state index contributed by atoms with van der Waals surface area (Å²) in [5.41, 5.74) is 0.230. The number of amides is 1. The number of benzene rings is 1. The van der Waals surface area contributed by atoms with Crippen molar-refractivity contribution in [1.82, 2.24) is 9.62 Å². The van der Waals surface area contributed by atoms with Crippen molar-refractivity contribution >= 4 is 48.1 Å². The number of halogens is 2. The van der Waals surface area contributed by atoms with Crippen LogP contribution in [-0.2, 0) is 37.9 Å². The highest BCUT2D eigenvalue weighted by Crippen LogP contribution is 2.39. The molecule has 15 heteroatoms. The summed E-state index contributed by atoms with van der Waals surface area (Å²) >= 11 is 0.998. The number of thiophene rings is 1. The van der Waals surface area contributed by atoms with Gasteiger partial charge in [0.1, 0.15) is 21.2 Å². The number of nitrogens with zero attached hydrogens (tertiary/aromatic N) is 2. The van der Waals surface area contributed by atoms with Gasteiger partial charge in [0.15, 0.2) is 17.5 Å². The molecule has 1 fully saturated rings. The van der Waals surface area contributed by atoms with Crippen LogP contribution in [0.2, 0.25) is 0 Å². The van der Waals surface area contributed by atoms with Crippen LogP contribution in [0.3, 0.4) is 0 Å². The SMILES string of the molecule is CS(=O)(=O)NCc1csc2c1S(=O)(=O)N=C(/C1=C(\O)CC3CCC(CC3)CN(Cc3ccc(F)c(F)c3)C1=O)N2. The Morgan fingerprint density at radius 2 is 1.88 bits per heavy atom. The minimum Gasteiger partial charge on any atom is -0.511 e. The molecule has 1 saturated carbocycles. The quantitative estimate of drug-likeness (QED) is 0.451. The number of anilines is 1. The number of fused-ring (bicyclic) bond motifs is 7. The number of amidine groups is 1. The fourth-order valence-electron chi connectivity index (χ4n) is 5.39. The van der Waals surface area contributed by atoms with Crippen molar-refractivity contribution in [2.75, 3.05) is 18.1 Å². The lowest BCUT2D eigenvalue weighted by Crippen LogP contribution is -2.41. The lowest BCUT2D eigenvalue weighted by molar-refractivity contribution is -0.128. The Kier molecular flexibility index (Phi) is 7.76. The highest BCUT2D eigenvalue weighted by molar-refractivity contribution is 7.91. The number of hydrogen-bond donors (Lipinski definition) is 3. The van der Waals surface area contributed by atoms with Gasteiger partial charge >= 0.3 is 0 Å². The summed E-state index contributed by atoms with van der Waals surface area (Å²) < 4.78 is 83.3. The Morgan fingerprint density at radius 1 is 1.18 bits per heavy atom. The van der Waals surface area contributed by atoms with Gasteiger partial charge in [-0.2, -0.15) is 8.42 Å². The predicted molar refractivity (Wildman–Crippen MR) is 146 cm³/mol. The van der Waals surface area contributed by atoms with Gasteiger partial charge in [0.25, 0.3) is 15.9 Å². The lowest BCUT2D eigenvalue weighted by atomic mass is 9.79. The van der Waals surface area contributed by atoms with Crippen molar-refractivity contribution in [2.24, 2.45) is 16.2 Å². The summed E-state index contributed by atoms with van der Waals surface area (Å²) in [7, 11) is -7.98. The molecule has 0 saturated heterocycles. The summed E-state index contributed by atoms with van der Waals surface area (Å²) in [6.07, 6.45) is 4.43. The summed E-state index contributed by atoms with van der Waals surface area (Å²) in [6.45, 7) is -0.0698. The standard InChI is InChI=1S/C25H28F2N4O6S3/c1-39(34,35)28-10-17-13-38-24-22(17)40(36,37)30-23(29-24)21-20(32)9-14-2-4-15(5-3-14)11-31(25(21)33)12-16-6-7-18(26)19(27)8-16/h6-8,13-15,28,32H,2-5,9-12H2,1H3,(H,29,30)/b21-20+. The van der Waals surface area contributed by atoms with E-state index in [1.807, 2.05) is 0 Å². The maximum atomic E-state index is 14.0. The molecule has 4 heterocycles. The van der Waals surface area contributed by atoms with Crippen molar-refractivity contribution in [3.8, 4) is 0 Å². The number of rotatable bonds is 6. The zero-order valence-electron chi connectivity index (χ0n) is 21.5. The van der Waals surface area contributed by atoms with Crippen LogP contribution in [0, 0.1) is 23.5 Å². The van der Waals surface area contributed by atoms with Gasteiger partial charge in [0.05, 0.1) is 6.26 Å². The fourth-order valence-corrected chi connectivity index (χ4v) is 8.41. The number of carbonyl (C=O) groups is 1. The molecule has 3 N–H and O–H groups in total. The fraction of sp³-hybridized carbons (Fsp3) is 0.440. The smallest absolute Gasteiger partial charge is 0.287 e. The molecular formula is C25H28F2N4O6S3. The number of sulfonamides is 2. The average Bonchev–Trinajstić information content (AvgIpc) is 3.29. The molecule has 0 radical (unpaired) electrons. The number of allylic oxidation sites excluding steroid dienone is 1. The highest BCUT2D eigenvalue weighted by Gasteiger charge is 2.38. The molecule has 0 spiro atoms. The highest BCUT2D eigenvalue weighted by atomic mass is 32.2. The second kappa shape index (κ2) is 10.8. The first-order valence-electron chi connectivity index (χ1n) is 12.6. The van der Waals surface area contributed by atoms with Crippen molar-refractivity contribution in [3.05, 3.63) is 57.7 Å². The molecule has 0 atom stereocenters. The first-order chi connectivity index (χ1) is 18.8. The van der Waals surface area contributed by atoms with Gasteiger partial charge in [0, 0.05) is 31.6 Å².